The monoisotopic (exact) mass is 425 g/mol. The molecule has 1 amide bonds. The quantitative estimate of drug-likeness (QED) is 0.496. The van der Waals surface area contributed by atoms with Gasteiger partial charge in [-0.25, -0.2) is 9.67 Å². The highest BCUT2D eigenvalue weighted by molar-refractivity contribution is 5.92. The number of aromatic nitrogens is 4. The lowest BCUT2D eigenvalue weighted by molar-refractivity contribution is -0.115. The molecule has 162 valence electrons. The van der Waals surface area contributed by atoms with Crippen molar-refractivity contribution in [2.45, 2.75) is 46.1 Å². The average Bonchev–Trinajstić information content (AvgIpc) is 3.37. The van der Waals surface area contributed by atoms with E-state index in [1.54, 1.807) is 0 Å². The summed E-state index contributed by atoms with van der Waals surface area (Å²) in [7, 11) is 0. The van der Waals surface area contributed by atoms with Gasteiger partial charge in [-0.05, 0) is 51.0 Å². The predicted molar refractivity (Wildman–Crippen MR) is 126 cm³/mol. The highest BCUT2D eigenvalue weighted by Crippen LogP contribution is 2.24. The van der Waals surface area contributed by atoms with Gasteiger partial charge in [0, 0.05) is 41.7 Å². The van der Waals surface area contributed by atoms with E-state index in [2.05, 4.69) is 21.2 Å². The minimum absolute atomic E-state index is 0.0472. The van der Waals surface area contributed by atoms with Crippen LogP contribution < -0.4 is 5.32 Å². The third kappa shape index (κ3) is 3.96. The normalized spacial score (nSPS) is 13.1. The SMILES string of the molecule is Cc1nn(-c2ccccc2)c(C)c1CC(=O)Nc1ccc(-c2cn3c(n2)CCCC3)cc1. The minimum Gasteiger partial charge on any atom is -0.334 e. The molecule has 0 fully saturated rings. The summed E-state index contributed by atoms with van der Waals surface area (Å²) in [5.41, 5.74) is 6.68. The smallest absolute Gasteiger partial charge is 0.228 e. The van der Waals surface area contributed by atoms with Gasteiger partial charge in [0.05, 0.1) is 23.5 Å². The summed E-state index contributed by atoms with van der Waals surface area (Å²) in [4.78, 5) is 17.5. The number of carbonyl (C=O) groups excluding carboxylic acids is 1. The molecule has 0 spiro atoms. The molecular formula is C26H27N5O. The summed E-state index contributed by atoms with van der Waals surface area (Å²) in [6.45, 7) is 5.01. The molecule has 0 saturated carbocycles. The number of benzene rings is 2. The lowest BCUT2D eigenvalue weighted by Gasteiger charge is -2.11. The Kier molecular flexibility index (Phi) is 5.35. The van der Waals surface area contributed by atoms with Crippen molar-refractivity contribution in [1.29, 1.82) is 0 Å². The van der Waals surface area contributed by atoms with Crippen LogP contribution in [0.5, 0.6) is 0 Å². The molecule has 0 aliphatic carbocycles. The third-order valence-electron chi connectivity index (χ3n) is 6.15. The molecule has 1 aliphatic rings. The summed E-state index contributed by atoms with van der Waals surface area (Å²) < 4.78 is 4.16. The van der Waals surface area contributed by atoms with E-state index in [0.29, 0.717) is 6.42 Å². The number of fused-ring (bicyclic) bond motifs is 1. The van der Waals surface area contributed by atoms with Gasteiger partial charge in [-0.3, -0.25) is 4.79 Å². The Morgan fingerprint density at radius 1 is 1.03 bits per heavy atom. The lowest BCUT2D eigenvalue weighted by Crippen LogP contribution is -2.15. The van der Waals surface area contributed by atoms with Crippen molar-refractivity contribution in [2.24, 2.45) is 0 Å². The first-order chi connectivity index (χ1) is 15.6. The summed E-state index contributed by atoms with van der Waals surface area (Å²) in [5.74, 6) is 1.12. The second kappa shape index (κ2) is 8.46. The van der Waals surface area contributed by atoms with Crippen LogP contribution in [0.3, 0.4) is 0 Å². The van der Waals surface area contributed by atoms with Gasteiger partial charge >= 0.3 is 0 Å². The van der Waals surface area contributed by atoms with Crippen molar-refractivity contribution in [1.82, 2.24) is 19.3 Å². The molecule has 2 aromatic heterocycles. The van der Waals surface area contributed by atoms with Crippen molar-refractivity contribution < 1.29 is 4.79 Å². The fraction of sp³-hybridized carbons (Fsp3) is 0.269. The molecule has 2 aromatic carbocycles. The Morgan fingerprint density at radius 3 is 2.56 bits per heavy atom. The van der Waals surface area contributed by atoms with Gasteiger partial charge < -0.3 is 9.88 Å². The molecular weight excluding hydrogens is 398 g/mol. The van der Waals surface area contributed by atoms with Crippen molar-refractivity contribution in [3.05, 3.63) is 83.6 Å². The molecule has 6 heteroatoms. The Balaban J connectivity index is 1.28. The van der Waals surface area contributed by atoms with Crippen LogP contribution in [0.15, 0.2) is 60.8 Å². The van der Waals surface area contributed by atoms with Crippen LogP contribution in [0.2, 0.25) is 0 Å². The van der Waals surface area contributed by atoms with Gasteiger partial charge in [-0.1, -0.05) is 30.3 Å². The number of hydrogen-bond acceptors (Lipinski definition) is 3. The molecule has 6 nitrogen and oxygen atoms in total. The van der Waals surface area contributed by atoms with Gasteiger partial charge in [0.15, 0.2) is 0 Å². The molecule has 3 heterocycles. The first kappa shape index (κ1) is 20.2. The number of aryl methyl sites for hydroxylation is 3. The Labute approximate surface area is 187 Å². The van der Waals surface area contributed by atoms with Crippen molar-refractivity contribution >= 4 is 11.6 Å². The summed E-state index contributed by atoms with van der Waals surface area (Å²) >= 11 is 0. The number of amides is 1. The highest BCUT2D eigenvalue weighted by Gasteiger charge is 2.17. The largest absolute Gasteiger partial charge is 0.334 e. The summed E-state index contributed by atoms with van der Waals surface area (Å²) in [5, 5.41) is 7.66. The molecule has 4 aromatic rings. The summed E-state index contributed by atoms with van der Waals surface area (Å²) in [6.07, 6.45) is 5.91. The van der Waals surface area contributed by atoms with E-state index in [1.807, 2.05) is 73.1 Å². The molecule has 0 radical (unpaired) electrons. The van der Waals surface area contributed by atoms with E-state index < -0.39 is 0 Å². The van der Waals surface area contributed by atoms with Gasteiger partial charge in [0.2, 0.25) is 5.91 Å². The number of imidazole rings is 1. The number of hydrogen-bond donors (Lipinski definition) is 1. The Morgan fingerprint density at radius 2 is 1.81 bits per heavy atom. The fourth-order valence-corrected chi connectivity index (χ4v) is 4.39. The molecule has 0 atom stereocenters. The van der Waals surface area contributed by atoms with Gasteiger partial charge in [-0.15, -0.1) is 0 Å². The second-order valence-corrected chi connectivity index (χ2v) is 8.39. The van der Waals surface area contributed by atoms with Crippen LogP contribution in [0.25, 0.3) is 16.9 Å². The van der Waals surface area contributed by atoms with E-state index >= 15 is 0 Å². The minimum atomic E-state index is -0.0472. The first-order valence-electron chi connectivity index (χ1n) is 11.2. The number of rotatable bonds is 5. The lowest BCUT2D eigenvalue weighted by atomic mass is 10.1. The van der Waals surface area contributed by atoms with E-state index in [1.165, 1.54) is 18.7 Å². The maximum absolute atomic E-state index is 12.8. The fourth-order valence-electron chi connectivity index (χ4n) is 4.39. The van der Waals surface area contributed by atoms with Gasteiger partial charge in [0.25, 0.3) is 0 Å². The van der Waals surface area contributed by atoms with Crippen LogP contribution >= 0.6 is 0 Å². The second-order valence-electron chi connectivity index (χ2n) is 8.39. The molecule has 0 bridgehead atoms. The molecule has 0 saturated heterocycles. The predicted octanol–water partition coefficient (Wildman–Crippen LogP) is 4.87. The van der Waals surface area contributed by atoms with Gasteiger partial charge in [0.1, 0.15) is 5.82 Å². The molecule has 5 rings (SSSR count). The number of para-hydroxylation sites is 1. The standard InChI is InChI=1S/C26H27N5O/c1-18-23(19(2)31(29-18)22-8-4-3-5-9-22)16-26(32)27-21-13-11-20(12-14-21)24-17-30-15-7-6-10-25(30)28-24/h3-5,8-9,11-14,17H,6-7,10,15-16H2,1-2H3,(H,27,32). The number of anilines is 1. The first-order valence-corrected chi connectivity index (χ1v) is 11.2. The Bertz CT molecular complexity index is 1230. The molecule has 1 aliphatic heterocycles. The van der Waals surface area contributed by atoms with Crippen LogP contribution in [0, 0.1) is 13.8 Å². The average molecular weight is 426 g/mol. The topological polar surface area (TPSA) is 64.7 Å². The molecule has 32 heavy (non-hydrogen) atoms. The number of nitrogens with one attached hydrogen (secondary N) is 1. The number of carbonyl (C=O) groups is 1. The van der Waals surface area contributed by atoms with Crippen molar-refractivity contribution in [3.63, 3.8) is 0 Å². The van der Waals surface area contributed by atoms with Crippen LogP contribution in [-0.2, 0) is 24.2 Å². The zero-order valence-corrected chi connectivity index (χ0v) is 18.5. The van der Waals surface area contributed by atoms with Crippen LogP contribution in [0.4, 0.5) is 5.69 Å². The van der Waals surface area contributed by atoms with E-state index in [4.69, 9.17) is 4.98 Å². The van der Waals surface area contributed by atoms with Crippen LogP contribution in [-0.4, -0.2) is 25.2 Å². The number of nitrogens with zero attached hydrogens (tertiary/aromatic N) is 4. The maximum atomic E-state index is 12.8. The molecule has 1 N–H and O–H groups in total. The zero-order chi connectivity index (χ0) is 22.1. The van der Waals surface area contributed by atoms with Crippen molar-refractivity contribution in [2.75, 3.05) is 5.32 Å². The zero-order valence-electron chi connectivity index (χ0n) is 18.5. The van der Waals surface area contributed by atoms with Gasteiger partial charge in [-0.2, -0.15) is 5.10 Å². The third-order valence-corrected chi connectivity index (χ3v) is 6.15. The molecule has 0 unspecified atom stereocenters. The maximum Gasteiger partial charge on any atom is 0.228 e. The Hall–Kier alpha value is -3.67. The van der Waals surface area contributed by atoms with E-state index in [9.17, 15) is 4.79 Å². The van der Waals surface area contributed by atoms with E-state index in [-0.39, 0.29) is 5.91 Å². The van der Waals surface area contributed by atoms with E-state index in [0.717, 1.165) is 52.5 Å². The highest BCUT2D eigenvalue weighted by atomic mass is 16.1. The summed E-state index contributed by atoms with van der Waals surface area (Å²) in [6, 6.07) is 17.9. The van der Waals surface area contributed by atoms with Crippen molar-refractivity contribution in [3.8, 4) is 16.9 Å². The van der Waals surface area contributed by atoms with Crippen LogP contribution in [0.1, 0.15) is 35.6 Å².